The Morgan fingerprint density at radius 3 is 2.07 bits per heavy atom. The smallest absolute Gasteiger partial charge is 0.314 e. The van der Waals surface area contributed by atoms with Crippen molar-refractivity contribution in [2.75, 3.05) is 6.61 Å². The van der Waals surface area contributed by atoms with Crippen molar-refractivity contribution in [3.8, 4) is 23.0 Å². The number of hydrogen-bond donors (Lipinski definition) is 2. The van der Waals surface area contributed by atoms with Crippen LogP contribution in [0.4, 0.5) is 0 Å². The zero-order valence-corrected chi connectivity index (χ0v) is 16.2. The molecular formula is C22H22O8. The van der Waals surface area contributed by atoms with Crippen molar-refractivity contribution in [2.45, 2.75) is 25.7 Å². The van der Waals surface area contributed by atoms with Gasteiger partial charge in [0.25, 0.3) is 0 Å². The number of esters is 1. The van der Waals surface area contributed by atoms with Gasteiger partial charge in [-0.25, -0.2) is 0 Å². The van der Waals surface area contributed by atoms with E-state index in [0.29, 0.717) is 37.8 Å². The van der Waals surface area contributed by atoms with Crippen LogP contribution in [0.15, 0.2) is 36.4 Å². The van der Waals surface area contributed by atoms with Crippen molar-refractivity contribution in [1.29, 1.82) is 0 Å². The molecule has 158 valence electrons. The monoisotopic (exact) mass is 414 g/mol. The van der Waals surface area contributed by atoms with E-state index >= 15 is 0 Å². The van der Waals surface area contributed by atoms with Crippen molar-refractivity contribution in [2.24, 2.45) is 11.8 Å². The third-order valence-electron chi connectivity index (χ3n) is 5.11. The Morgan fingerprint density at radius 1 is 0.900 bits per heavy atom. The van der Waals surface area contributed by atoms with Gasteiger partial charge in [-0.05, 0) is 68.0 Å². The number of rotatable bonds is 8. The normalized spacial score (nSPS) is 18.4. The summed E-state index contributed by atoms with van der Waals surface area (Å²) in [5, 5.41) is 19.0. The number of hydrogen-bond acceptors (Lipinski definition) is 8. The molecule has 0 saturated heterocycles. The summed E-state index contributed by atoms with van der Waals surface area (Å²) in [6, 6.07) is 8.31. The van der Waals surface area contributed by atoms with Crippen molar-refractivity contribution in [3.63, 3.8) is 0 Å². The molecule has 30 heavy (non-hydrogen) atoms. The maximum absolute atomic E-state index is 12.4. The van der Waals surface area contributed by atoms with Gasteiger partial charge in [0.05, 0.1) is 23.7 Å². The molecule has 0 atom stereocenters. The van der Waals surface area contributed by atoms with E-state index in [1.807, 2.05) is 0 Å². The van der Waals surface area contributed by atoms with Crippen LogP contribution in [0.3, 0.4) is 0 Å². The average molecular weight is 414 g/mol. The molecule has 1 fully saturated rings. The van der Waals surface area contributed by atoms with E-state index in [9.17, 15) is 24.6 Å². The molecule has 0 radical (unpaired) electrons. The first-order valence-corrected chi connectivity index (χ1v) is 9.57. The second kappa shape index (κ2) is 9.89. The summed E-state index contributed by atoms with van der Waals surface area (Å²) >= 11 is 0. The molecule has 0 heterocycles. The molecule has 3 rings (SSSR count). The van der Waals surface area contributed by atoms with E-state index in [1.54, 1.807) is 0 Å². The molecule has 1 aliphatic carbocycles. The van der Waals surface area contributed by atoms with Crippen LogP contribution in [0, 0.1) is 11.8 Å². The standard InChI is InChI=1S/C22H22O8/c23-11-16-9-18(5-7-20(16)25)29-22(27)15-3-1-14(2-4-15)13-28-30-19-6-8-21(26)17(10-19)12-24/h5-12,14-15,25-26H,1-4,13H2. The summed E-state index contributed by atoms with van der Waals surface area (Å²) in [4.78, 5) is 44.5. The largest absolute Gasteiger partial charge is 0.507 e. The Hall–Kier alpha value is -3.39. The molecule has 1 saturated carbocycles. The molecule has 0 amide bonds. The minimum Gasteiger partial charge on any atom is -0.507 e. The van der Waals surface area contributed by atoms with Crippen LogP contribution < -0.4 is 9.62 Å². The zero-order chi connectivity index (χ0) is 21.5. The van der Waals surface area contributed by atoms with Crippen LogP contribution in [0.1, 0.15) is 46.4 Å². The van der Waals surface area contributed by atoms with E-state index in [4.69, 9.17) is 14.5 Å². The minimum atomic E-state index is -0.362. The van der Waals surface area contributed by atoms with Gasteiger partial charge in [0, 0.05) is 0 Å². The molecule has 0 bridgehead atoms. The number of carbonyl (C=O) groups is 3. The molecule has 1 aliphatic rings. The van der Waals surface area contributed by atoms with Crippen molar-refractivity contribution < 1.29 is 39.1 Å². The summed E-state index contributed by atoms with van der Waals surface area (Å²) in [6.45, 7) is 0.333. The van der Waals surface area contributed by atoms with Gasteiger partial charge in [-0.1, -0.05) is 0 Å². The number of benzene rings is 2. The quantitative estimate of drug-likeness (QED) is 0.222. The van der Waals surface area contributed by atoms with Crippen molar-refractivity contribution in [3.05, 3.63) is 47.5 Å². The molecule has 0 aliphatic heterocycles. The molecule has 2 N–H and O–H groups in total. The van der Waals surface area contributed by atoms with Gasteiger partial charge >= 0.3 is 5.97 Å². The lowest BCUT2D eigenvalue weighted by molar-refractivity contribution is -0.218. The Bertz CT molecular complexity index is 915. The number of aldehydes is 2. The van der Waals surface area contributed by atoms with Crippen LogP contribution in [0.2, 0.25) is 0 Å². The first-order valence-electron chi connectivity index (χ1n) is 9.57. The first-order chi connectivity index (χ1) is 14.5. The Labute approximate surface area is 172 Å². The molecule has 8 nitrogen and oxygen atoms in total. The second-order valence-electron chi connectivity index (χ2n) is 7.18. The lowest BCUT2D eigenvalue weighted by Crippen LogP contribution is -2.27. The van der Waals surface area contributed by atoms with Crippen LogP contribution in [-0.4, -0.2) is 35.4 Å². The number of phenols is 2. The van der Waals surface area contributed by atoms with E-state index in [-0.39, 0.29) is 46.2 Å². The summed E-state index contributed by atoms with van der Waals surface area (Å²) in [5.74, 6) is -0.147. The van der Waals surface area contributed by atoms with E-state index in [2.05, 4.69) is 0 Å². The Balaban J connectivity index is 1.42. The van der Waals surface area contributed by atoms with E-state index < -0.39 is 0 Å². The van der Waals surface area contributed by atoms with Crippen LogP contribution in [-0.2, 0) is 9.68 Å². The predicted molar refractivity (Wildman–Crippen MR) is 105 cm³/mol. The number of ether oxygens (including phenoxy) is 1. The molecule has 0 spiro atoms. The third-order valence-corrected chi connectivity index (χ3v) is 5.11. The fraction of sp³-hybridized carbons (Fsp3) is 0.318. The highest BCUT2D eigenvalue weighted by atomic mass is 17.2. The second-order valence-corrected chi connectivity index (χ2v) is 7.18. The lowest BCUT2D eigenvalue weighted by atomic mass is 9.82. The predicted octanol–water partition coefficient (Wildman–Crippen LogP) is 3.45. The molecule has 8 heteroatoms. The van der Waals surface area contributed by atoms with Gasteiger partial charge in [0.1, 0.15) is 17.2 Å². The van der Waals surface area contributed by atoms with E-state index in [0.717, 1.165) is 12.8 Å². The molecule has 0 unspecified atom stereocenters. The van der Waals surface area contributed by atoms with Crippen LogP contribution in [0.25, 0.3) is 0 Å². The van der Waals surface area contributed by atoms with Crippen molar-refractivity contribution >= 4 is 18.5 Å². The fourth-order valence-corrected chi connectivity index (χ4v) is 3.33. The highest BCUT2D eigenvalue weighted by Crippen LogP contribution is 2.31. The number of carbonyl (C=O) groups excluding carboxylic acids is 3. The zero-order valence-electron chi connectivity index (χ0n) is 16.2. The Morgan fingerprint density at radius 2 is 1.47 bits per heavy atom. The van der Waals surface area contributed by atoms with Crippen molar-refractivity contribution in [1.82, 2.24) is 0 Å². The van der Waals surface area contributed by atoms with Gasteiger partial charge in [-0.3, -0.25) is 14.4 Å². The van der Waals surface area contributed by atoms with Gasteiger partial charge in [0.2, 0.25) is 0 Å². The molecule has 2 aromatic carbocycles. The maximum Gasteiger partial charge on any atom is 0.314 e. The number of phenolic OH excluding ortho intramolecular Hbond substituents is 2. The fourth-order valence-electron chi connectivity index (χ4n) is 3.33. The topological polar surface area (TPSA) is 119 Å². The van der Waals surface area contributed by atoms with Crippen LogP contribution in [0.5, 0.6) is 23.0 Å². The highest BCUT2D eigenvalue weighted by molar-refractivity contribution is 5.81. The highest BCUT2D eigenvalue weighted by Gasteiger charge is 2.28. The number of aromatic hydroxyl groups is 2. The molecule has 2 aromatic rings. The van der Waals surface area contributed by atoms with Gasteiger partial charge in [-0.2, -0.15) is 4.89 Å². The molecule has 0 aromatic heterocycles. The first kappa shape index (κ1) is 21.3. The van der Waals surface area contributed by atoms with Crippen LogP contribution >= 0.6 is 0 Å². The minimum absolute atomic E-state index is 0.0649. The average Bonchev–Trinajstić information content (AvgIpc) is 2.76. The SMILES string of the molecule is O=Cc1cc(OOCC2CCC(C(=O)Oc3ccc(O)c(C=O)c3)CC2)ccc1O. The summed E-state index contributed by atoms with van der Waals surface area (Å²) in [6.07, 6.45) is 3.82. The summed E-state index contributed by atoms with van der Waals surface area (Å²) < 4.78 is 5.34. The van der Waals surface area contributed by atoms with Gasteiger partial charge < -0.3 is 19.8 Å². The molecular weight excluding hydrogens is 392 g/mol. The summed E-state index contributed by atoms with van der Waals surface area (Å²) in [5.41, 5.74) is 0.180. The van der Waals surface area contributed by atoms with Gasteiger partial charge in [0.15, 0.2) is 18.3 Å². The summed E-state index contributed by atoms with van der Waals surface area (Å²) in [7, 11) is 0. The Kier molecular flexibility index (Phi) is 7.03. The van der Waals surface area contributed by atoms with E-state index in [1.165, 1.54) is 36.4 Å². The lowest BCUT2D eigenvalue weighted by Gasteiger charge is -2.26. The maximum atomic E-state index is 12.4. The van der Waals surface area contributed by atoms with Gasteiger partial charge in [-0.15, -0.1) is 0 Å². The third kappa shape index (κ3) is 5.36.